The highest BCUT2D eigenvalue weighted by Crippen LogP contribution is 1.90. The molecular weight excluding hydrogens is 208 g/mol. The van der Waals surface area contributed by atoms with E-state index in [4.69, 9.17) is 20.2 Å². The van der Waals surface area contributed by atoms with Crippen LogP contribution in [-0.2, 0) is 9.68 Å². The average molecular weight is 222 g/mol. The minimum absolute atomic E-state index is 0.260. The zero-order valence-electron chi connectivity index (χ0n) is 9.43. The first kappa shape index (κ1) is 13.9. The molecule has 86 valence electrons. The van der Waals surface area contributed by atoms with E-state index in [9.17, 15) is 0 Å². The predicted molar refractivity (Wildman–Crippen MR) is 58.6 cm³/mol. The first-order valence-corrected chi connectivity index (χ1v) is 4.79. The topological polar surface area (TPSA) is 90.8 Å². The van der Waals surface area contributed by atoms with Crippen LogP contribution in [0.15, 0.2) is 10.3 Å². The molecule has 0 aromatic heterocycles. The Morgan fingerprint density at radius 1 is 0.938 bits per heavy atom. The number of nitrogens with zero attached hydrogens (tertiary/aromatic N) is 4. The second kappa shape index (κ2) is 9.47. The van der Waals surface area contributed by atoms with Gasteiger partial charge in [0.25, 0.3) is 0 Å². The molecule has 16 heavy (non-hydrogen) atoms. The maximum Gasteiger partial charge on any atom is 0.130 e. The van der Waals surface area contributed by atoms with E-state index in [-0.39, 0.29) is 13.2 Å². The lowest BCUT2D eigenvalue weighted by Crippen LogP contribution is -2.07. The van der Waals surface area contributed by atoms with Gasteiger partial charge in [0.1, 0.15) is 24.6 Å². The predicted octanol–water partition coefficient (Wildman–Crippen LogP) is 1.60. The number of oxime groups is 2. The standard InChI is InChI=1S/C10H14N4O2/c1-9(13-15-7-3-5-11)10(2)14-16-8-4-6-12/h3-4,7-8H2,1-2H3/b13-9-,14-10-. The fourth-order valence-corrected chi connectivity index (χ4v) is 0.600. The molecule has 0 spiro atoms. The second-order valence-corrected chi connectivity index (χ2v) is 2.84. The van der Waals surface area contributed by atoms with Gasteiger partial charge < -0.3 is 9.68 Å². The van der Waals surface area contributed by atoms with Gasteiger partial charge in [-0.3, -0.25) is 0 Å². The van der Waals surface area contributed by atoms with Gasteiger partial charge in [-0.05, 0) is 13.8 Å². The second-order valence-electron chi connectivity index (χ2n) is 2.84. The minimum atomic E-state index is 0.260. The summed E-state index contributed by atoms with van der Waals surface area (Å²) in [5.74, 6) is 0. The number of nitriles is 2. The number of hydrogen-bond acceptors (Lipinski definition) is 6. The lowest BCUT2D eigenvalue weighted by Gasteiger charge is -2.00. The Hall–Kier alpha value is -2.08. The highest BCUT2D eigenvalue weighted by atomic mass is 16.6. The summed E-state index contributed by atoms with van der Waals surface area (Å²) >= 11 is 0. The fraction of sp³-hybridized carbons (Fsp3) is 0.600. The lowest BCUT2D eigenvalue weighted by molar-refractivity contribution is 0.147. The van der Waals surface area contributed by atoms with Crippen LogP contribution in [0.3, 0.4) is 0 Å². The van der Waals surface area contributed by atoms with E-state index in [0.717, 1.165) is 0 Å². The van der Waals surface area contributed by atoms with E-state index < -0.39 is 0 Å². The van der Waals surface area contributed by atoms with Crippen molar-refractivity contribution in [2.75, 3.05) is 13.2 Å². The first-order chi connectivity index (χ1) is 7.72. The van der Waals surface area contributed by atoms with Gasteiger partial charge in [-0.15, -0.1) is 0 Å². The Bertz CT molecular complexity index is 302. The average Bonchev–Trinajstić information content (AvgIpc) is 2.29. The SMILES string of the molecule is CC(=N/OCCC#N)/C(C)=N\OCCC#N. The molecular formula is C10H14N4O2. The van der Waals surface area contributed by atoms with Crippen LogP contribution >= 0.6 is 0 Å². The summed E-state index contributed by atoms with van der Waals surface area (Å²) < 4.78 is 0. The van der Waals surface area contributed by atoms with Crippen molar-refractivity contribution in [2.45, 2.75) is 26.7 Å². The van der Waals surface area contributed by atoms with E-state index in [1.807, 2.05) is 12.1 Å². The molecule has 0 heterocycles. The highest BCUT2D eigenvalue weighted by molar-refractivity contribution is 6.40. The van der Waals surface area contributed by atoms with Gasteiger partial charge in [0.15, 0.2) is 0 Å². The maximum absolute atomic E-state index is 8.26. The molecule has 0 aliphatic carbocycles. The molecule has 0 aromatic carbocycles. The molecule has 0 radical (unpaired) electrons. The first-order valence-electron chi connectivity index (χ1n) is 4.79. The van der Waals surface area contributed by atoms with E-state index in [1.165, 1.54) is 0 Å². The number of rotatable bonds is 7. The molecule has 6 nitrogen and oxygen atoms in total. The molecule has 0 bridgehead atoms. The molecule has 0 fully saturated rings. The van der Waals surface area contributed by atoms with Crippen molar-refractivity contribution < 1.29 is 9.68 Å². The molecule has 0 unspecified atom stereocenters. The highest BCUT2D eigenvalue weighted by Gasteiger charge is 1.98. The van der Waals surface area contributed by atoms with Crippen LogP contribution < -0.4 is 0 Å². The van der Waals surface area contributed by atoms with E-state index in [2.05, 4.69) is 10.3 Å². The Balaban J connectivity index is 3.92. The zero-order valence-corrected chi connectivity index (χ0v) is 9.43. The summed E-state index contributed by atoms with van der Waals surface area (Å²) in [7, 11) is 0. The Morgan fingerprint density at radius 2 is 1.31 bits per heavy atom. The summed E-state index contributed by atoms with van der Waals surface area (Å²) in [4.78, 5) is 9.72. The van der Waals surface area contributed by atoms with Crippen molar-refractivity contribution in [2.24, 2.45) is 10.3 Å². The van der Waals surface area contributed by atoms with Crippen molar-refractivity contribution in [1.29, 1.82) is 10.5 Å². The molecule has 0 atom stereocenters. The van der Waals surface area contributed by atoms with Gasteiger partial charge in [0.05, 0.1) is 25.0 Å². The third-order valence-corrected chi connectivity index (χ3v) is 1.54. The third kappa shape index (κ3) is 7.34. The normalized spacial score (nSPS) is 11.5. The van der Waals surface area contributed by atoms with Crippen molar-refractivity contribution in [3.8, 4) is 12.1 Å². The summed E-state index contributed by atoms with van der Waals surface area (Å²) in [5.41, 5.74) is 1.16. The molecule has 0 aliphatic heterocycles. The Labute approximate surface area is 94.7 Å². The minimum Gasteiger partial charge on any atom is -0.394 e. The van der Waals surface area contributed by atoms with Gasteiger partial charge in [0.2, 0.25) is 0 Å². The smallest absolute Gasteiger partial charge is 0.130 e. The van der Waals surface area contributed by atoms with Gasteiger partial charge in [-0.1, -0.05) is 10.3 Å². The van der Waals surface area contributed by atoms with Crippen molar-refractivity contribution in [3.63, 3.8) is 0 Å². The van der Waals surface area contributed by atoms with Crippen LogP contribution in [0.25, 0.3) is 0 Å². The lowest BCUT2D eigenvalue weighted by atomic mass is 10.3. The van der Waals surface area contributed by atoms with Gasteiger partial charge in [-0.25, -0.2) is 0 Å². The molecule has 0 rings (SSSR count). The summed E-state index contributed by atoms with van der Waals surface area (Å²) in [6, 6.07) is 3.88. The van der Waals surface area contributed by atoms with Crippen LogP contribution in [0.5, 0.6) is 0 Å². The van der Waals surface area contributed by atoms with Crippen molar-refractivity contribution >= 4 is 11.4 Å². The van der Waals surface area contributed by atoms with Gasteiger partial charge >= 0.3 is 0 Å². The molecule has 0 saturated carbocycles. The zero-order chi connectivity index (χ0) is 12.2. The molecule has 0 aliphatic rings. The molecule has 0 aromatic rings. The third-order valence-electron chi connectivity index (χ3n) is 1.54. The maximum atomic E-state index is 8.26. The molecule has 0 N–H and O–H groups in total. The quantitative estimate of drug-likeness (QED) is 0.371. The fourth-order valence-electron chi connectivity index (χ4n) is 0.600. The van der Waals surface area contributed by atoms with Gasteiger partial charge in [0, 0.05) is 0 Å². The monoisotopic (exact) mass is 222 g/mol. The summed E-state index contributed by atoms with van der Waals surface area (Å²) in [5, 5.41) is 24.0. The van der Waals surface area contributed by atoms with Gasteiger partial charge in [-0.2, -0.15) is 10.5 Å². The molecule has 0 saturated heterocycles. The van der Waals surface area contributed by atoms with Crippen LogP contribution in [0.2, 0.25) is 0 Å². The summed E-state index contributed by atoms with van der Waals surface area (Å²) in [6.45, 7) is 3.96. The molecule has 0 amide bonds. The molecule has 6 heteroatoms. The van der Waals surface area contributed by atoms with Crippen LogP contribution in [0.4, 0.5) is 0 Å². The largest absolute Gasteiger partial charge is 0.394 e. The van der Waals surface area contributed by atoms with E-state index >= 15 is 0 Å². The van der Waals surface area contributed by atoms with E-state index in [0.29, 0.717) is 24.3 Å². The van der Waals surface area contributed by atoms with Crippen LogP contribution in [0.1, 0.15) is 26.7 Å². The van der Waals surface area contributed by atoms with Crippen LogP contribution in [0, 0.1) is 22.7 Å². The summed E-state index contributed by atoms with van der Waals surface area (Å²) in [6.07, 6.45) is 0.595. The van der Waals surface area contributed by atoms with Crippen LogP contribution in [-0.4, -0.2) is 24.6 Å². The number of hydrogen-bond donors (Lipinski definition) is 0. The van der Waals surface area contributed by atoms with Crippen molar-refractivity contribution in [3.05, 3.63) is 0 Å². The Kier molecular flexibility index (Phi) is 8.24. The Morgan fingerprint density at radius 3 is 1.62 bits per heavy atom. The van der Waals surface area contributed by atoms with E-state index in [1.54, 1.807) is 13.8 Å². The van der Waals surface area contributed by atoms with Crippen molar-refractivity contribution in [1.82, 2.24) is 0 Å².